The van der Waals surface area contributed by atoms with E-state index in [0.29, 0.717) is 48.3 Å². The van der Waals surface area contributed by atoms with Crippen molar-refractivity contribution in [3.05, 3.63) is 38.9 Å². The van der Waals surface area contributed by atoms with E-state index in [1.807, 2.05) is 0 Å². The number of nitrogens with one attached hydrogen (secondary N) is 1. The number of aromatic nitrogens is 6. The van der Waals surface area contributed by atoms with Crippen molar-refractivity contribution in [2.24, 2.45) is 14.1 Å². The lowest BCUT2D eigenvalue weighted by atomic mass is 10.3. The Morgan fingerprint density at radius 3 is 2.70 bits per heavy atom. The van der Waals surface area contributed by atoms with Crippen LogP contribution in [0.1, 0.15) is 32.0 Å². The minimum atomic E-state index is -0.385. The molecule has 10 heteroatoms. The van der Waals surface area contributed by atoms with Crippen molar-refractivity contribution < 1.29 is 4.52 Å². The summed E-state index contributed by atoms with van der Waals surface area (Å²) in [6, 6.07) is 0.421. The van der Waals surface area contributed by atoms with Crippen LogP contribution >= 0.6 is 0 Å². The molecule has 0 aliphatic carbocycles. The predicted molar refractivity (Wildman–Crippen MR) is 99.7 cm³/mol. The summed E-state index contributed by atoms with van der Waals surface area (Å²) in [4.78, 5) is 33.0. The van der Waals surface area contributed by atoms with Crippen molar-refractivity contribution in [1.29, 1.82) is 0 Å². The highest BCUT2D eigenvalue weighted by atomic mass is 16.5. The van der Waals surface area contributed by atoms with E-state index < -0.39 is 0 Å². The Morgan fingerprint density at radius 1 is 1.19 bits per heavy atom. The molecule has 3 rings (SSSR count). The van der Waals surface area contributed by atoms with Gasteiger partial charge in [-0.2, -0.15) is 4.98 Å². The number of fused-ring (bicyclic) bond motifs is 1. The molecule has 0 aliphatic rings. The molecule has 10 nitrogen and oxygen atoms in total. The van der Waals surface area contributed by atoms with Gasteiger partial charge in [0.1, 0.15) is 0 Å². The van der Waals surface area contributed by atoms with Crippen LogP contribution in [0.25, 0.3) is 11.2 Å². The maximum absolute atomic E-state index is 12.4. The molecule has 0 saturated carbocycles. The Bertz CT molecular complexity index is 1040. The van der Waals surface area contributed by atoms with Crippen LogP contribution in [0.4, 0.5) is 0 Å². The number of hydrogen-bond donors (Lipinski definition) is 1. The molecule has 0 aliphatic heterocycles. The molecule has 0 unspecified atom stereocenters. The van der Waals surface area contributed by atoms with Gasteiger partial charge in [-0.25, -0.2) is 9.78 Å². The van der Waals surface area contributed by atoms with Crippen LogP contribution in [-0.4, -0.2) is 41.4 Å². The molecule has 0 radical (unpaired) electrons. The molecule has 3 aromatic rings. The number of aryl methyl sites for hydroxylation is 3. The monoisotopic (exact) mass is 375 g/mol. The van der Waals surface area contributed by atoms with Gasteiger partial charge in [0.15, 0.2) is 17.0 Å². The van der Waals surface area contributed by atoms with Gasteiger partial charge in [-0.15, -0.1) is 0 Å². The molecule has 0 spiro atoms. The molecule has 0 atom stereocenters. The van der Waals surface area contributed by atoms with E-state index in [1.54, 1.807) is 17.9 Å². The average molecular weight is 375 g/mol. The maximum Gasteiger partial charge on any atom is 0.332 e. The zero-order chi connectivity index (χ0) is 19.6. The number of rotatable bonds is 8. The van der Waals surface area contributed by atoms with Crippen molar-refractivity contribution in [1.82, 2.24) is 34.1 Å². The largest absolute Gasteiger partial charge is 0.339 e. The fourth-order valence-corrected chi connectivity index (χ4v) is 2.94. The Balaban J connectivity index is 1.64. The van der Waals surface area contributed by atoms with Crippen LogP contribution in [0.3, 0.4) is 0 Å². The fourth-order valence-electron chi connectivity index (χ4n) is 2.94. The molecule has 1 N–H and O–H groups in total. The molecule has 0 aromatic carbocycles. The highest BCUT2D eigenvalue weighted by molar-refractivity contribution is 5.69. The van der Waals surface area contributed by atoms with Gasteiger partial charge in [-0.05, 0) is 6.42 Å². The van der Waals surface area contributed by atoms with Gasteiger partial charge in [-0.1, -0.05) is 19.0 Å². The van der Waals surface area contributed by atoms with Crippen molar-refractivity contribution in [3.63, 3.8) is 0 Å². The summed E-state index contributed by atoms with van der Waals surface area (Å²) >= 11 is 0. The number of hydrogen-bond acceptors (Lipinski definition) is 7. The zero-order valence-corrected chi connectivity index (χ0v) is 16.1. The first kappa shape index (κ1) is 19.0. The minimum absolute atomic E-state index is 0.343. The van der Waals surface area contributed by atoms with E-state index in [2.05, 4.69) is 34.3 Å². The van der Waals surface area contributed by atoms with Crippen LogP contribution in [-0.2, 0) is 33.5 Å². The third-order valence-electron chi connectivity index (χ3n) is 4.42. The molecule has 146 valence electrons. The first-order chi connectivity index (χ1) is 12.9. The lowest BCUT2D eigenvalue weighted by Gasteiger charge is -2.06. The minimum Gasteiger partial charge on any atom is -0.339 e. The summed E-state index contributed by atoms with van der Waals surface area (Å²) < 4.78 is 9.50. The zero-order valence-electron chi connectivity index (χ0n) is 16.1. The smallest absolute Gasteiger partial charge is 0.332 e. The molecule has 0 amide bonds. The molecule has 27 heavy (non-hydrogen) atoms. The Kier molecular flexibility index (Phi) is 5.54. The average Bonchev–Trinajstić information content (AvgIpc) is 3.25. The lowest BCUT2D eigenvalue weighted by Crippen LogP contribution is -2.37. The van der Waals surface area contributed by atoms with Crippen LogP contribution in [0, 0.1) is 0 Å². The van der Waals surface area contributed by atoms with Gasteiger partial charge in [0.05, 0.1) is 6.33 Å². The lowest BCUT2D eigenvalue weighted by molar-refractivity contribution is 0.368. The SMILES string of the molecule is CC(C)NCCc1nc(CCCn2cnc3c2c(=O)n(C)c(=O)n3C)no1. The van der Waals surface area contributed by atoms with Crippen molar-refractivity contribution in [2.45, 2.75) is 45.7 Å². The summed E-state index contributed by atoms with van der Waals surface area (Å²) in [5.74, 6) is 1.27. The van der Waals surface area contributed by atoms with E-state index >= 15 is 0 Å². The Labute approximate surface area is 155 Å². The normalized spacial score (nSPS) is 11.7. The van der Waals surface area contributed by atoms with E-state index in [4.69, 9.17) is 4.52 Å². The van der Waals surface area contributed by atoms with Crippen molar-refractivity contribution in [2.75, 3.05) is 6.54 Å². The summed E-state index contributed by atoms with van der Waals surface area (Å²) in [5, 5.41) is 7.31. The third-order valence-corrected chi connectivity index (χ3v) is 4.42. The van der Waals surface area contributed by atoms with Gasteiger partial charge in [0.2, 0.25) is 5.89 Å². The van der Waals surface area contributed by atoms with Crippen molar-refractivity contribution in [3.8, 4) is 0 Å². The van der Waals surface area contributed by atoms with Crippen LogP contribution in [0.15, 0.2) is 20.4 Å². The van der Waals surface area contributed by atoms with Gasteiger partial charge < -0.3 is 14.4 Å². The number of nitrogens with zero attached hydrogens (tertiary/aromatic N) is 6. The summed E-state index contributed by atoms with van der Waals surface area (Å²) in [7, 11) is 3.08. The predicted octanol–water partition coefficient (Wildman–Crippen LogP) is -0.01000. The van der Waals surface area contributed by atoms with Crippen LogP contribution < -0.4 is 16.6 Å². The van der Waals surface area contributed by atoms with Crippen LogP contribution in [0.2, 0.25) is 0 Å². The molecule has 0 fully saturated rings. The fraction of sp³-hybridized carbons (Fsp3) is 0.588. The van der Waals surface area contributed by atoms with Crippen LogP contribution in [0.5, 0.6) is 0 Å². The molecular formula is C17H25N7O3. The highest BCUT2D eigenvalue weighted by Crippen LogP contribution is 2.08. The topological polar surface area (TPSA) is 113 Å². The summed E-state index contributed by atoms with van der Waals surface area (Å²) in [6.45, 7) is 5.54. The summed E-state index contributed by atoms with van der Waals surface area (Å²) in [5.41, 5.74) is 0.0879. The first-order valence-electron chi connectivity index (χ1n) is 9.04. The van der Waals surface area contributed by atoms with E-state index in [-0.39, 0.29) is 11.2 Å². The van der Waals surface area contributed by atoms with Gasteiger partial charge in [-0.3, -0.25) is 13.9 Å². The van der Waals surface area contributed by atoms with Crippen molar-refractivity contribution >= 4 is 11.2 Å². The Morgan fingerprint density at radius 2 is 1.96 bits per heavy atom. The second-order valence-corrected chi connectivity index (χ2v) is 6.88. The van der Waals surface area contributed by atoms with E-state index in [1.165, 1.54) is 11.6 Å². The number of imidazole rings is 1. The van der Waals surface area contributed by atoms with Gasteiger partial charge in [0, 0.05) is 46.1 Å². The maximum atomic E-state index is 12.4. The molecule has 0 bridgehead atoms. The van der Waals surface area contributed by atoms with E-state index in [9.17, 15) is 9.59 Å². The van der Waals surface area contributed by atoms with Gasteiger partial charge in [0.25, 0.3) is 5.56 Å². The van der Waals surface area contributed by atoms with Gasteiger partial charge >= 0.3 is 5.69 Å². The molecule has 3 aromatic heterocycles. The molecule has 3 heterocycles. The first-order valence-corrected chi connectivity index (χ1v) is 9.04. The third kappa shape index (κ3) is 4.00. The second kappa shape index (κ2) is 7.87. The molecule has 0 saturated heterocycles. The molecular weight excluding hydrogens is 350 g/mol. The van der Waals surface area contributed by atoms with E-state index in [0.717, 1.165) is 17.5 Å². The highest BCUT2D eigenvalue weighted by Gasteiger charge is 2.14. The second-order valence-electron chi connectivity index (χ2n) is 6.88. The standard InChI is InChI=1S/C17H25N7O3/c1-11(2)18-8-7-13-20-12(21-27-13)6-5-9-24-10-19-15-14(24)16(25)23(4)17(26)22(15)3/h10-11,18H,5-9H2,1-4H3. The quantitative estimate of drug-likeness (QED) is 0.589. The Hall–Kier alpha value is -2.75. The summed E-state index contributed by atoms with van der Waals surface area (Å²) in [6.07, 6.45) is 3.64.